The zero-order chi connectivity index (χ0) is 22.1. The van der Waals surface area contributed by atoms with E-state index in [2.05, 4.69) is 25.7 Å². The first-order valence-corrected chi connectivity index (χ1v) is 10.2. The number of nitrogens with zero attached hydrogens (tertiary/aromatic N) is 2. The highest BCUT2D eigenvalue weighted by Crippen LogP contribution is 2.31. The van der Waals surface area contributed by atoms with Gasteiger partial charge in [0.05, 0.1) is 5.69 Å². The minimum absolute atomic E-state index is 0. The van der Waals surface area contributed by atoms with Crippen LogP contribution < -0.4 is 25.6 Å². The van der Waals surface area contributed by atoms with Crippen molar-refractivity contribution in [1.82, 2.24) is 10.6 Å². The van der Waals surface area contributed by atoms with Crippen LogP contribution in [0.2, 0.25) is 0 Å². The van der Waals surface area contributed by atoms with Crippen LogP contribution in [0.3, 0.4) is 0 Å². The average Bonchev–Trinajstić information content (AvgIpc) is 3.21. The summed E-state index contributed by atoms with van der Waals surface area (Å²) in [7, 11) is 0. The standard InChI is InChI=1S/C22H27F2N5O2.HI/c1-2-25-22(26-14-20(30)27-16-8-4-3-5-9-16)28-17-12-13-29(15-17)18-10-6-7-11-19(18)31-21(23)24;/h3-11,17,21H,2,12-15H2,1H3,(H,27,30)(H2,25,26,28);1H. The Bertz CT molecular complexity index is 886. The molecular weight excluding hydrogens is 531 g/mol. The lowest BCUT2D eigenvalue weighted by Gasteiger charge is -2.22. The Balaban J connectivity index is 0.00000363. The molecule has 2 aromatic rings. The Morgan fingerprint density at radius 2 is 1.91 bits per heavy atom. The third kappa shape index (κ3) is 7.81. The van der Waals surface area contributed by atoms with Gasteiger partial charge in [0.1, 0.15) is 12.3 Å². The fourth-order valence-electron chi connectivity index (χ4n) is 3.40. The van der Waals surface area contributed by atoms with Crippen molar-refractivity contribution in [1.29, 1.82) is 0 Å². The molecule has 0 spiro atoms. The molecule has 2 aromatic carbocycles. The number of carbonyl (C=O) groups excluding carboxylic acids is 1. The number of amides is 1. The van der Waals surface area contributed by atoms with Crippen molar-refractivity contribution in [2.45, 2.75) is 26.0 Å². The van der Waals surface area contributed by atoms with Crippen LogP contribution in [0.15, 0.2) is 59.6 Å². The van der Waals surface area contributed by atoms with Gasteiger partial charge in [-0.05, 0) is 37.6 Å². The molecule has 1 fully saturated rings. The molecule has 1 aliphatic rings. The van der Waals surface area contributed by atoms with E-state index in [1.807, 2.05) is 42.2 Å². The number of anilines is 2. The SMILES string of the molecule is CCNC(=NCC(=O)Nc1ccccc1)NC1CCN(c2ccccc2OC(F)F)C1.I. The van der Waals surface area contributed by atoms with Crippen molar-refractivity contribution in [2.75, 3.05) is 36.4 Å². The molecule has 0 saturated carbocycles. The molecule has 3 N–H and O–H groups in total. The number of carbonyl (C=O) groups is 1. The van der Waals surface area contributed by atoms with E-state index in [-0.39, 0.29) is 48.2 Å². The largest absolute Gasteiger partial charge is 0.433 e. The zero-order valence-corrected chi connectivity index (χ0v) is 20.1. The Morgan fingerprint density at radius 1 is 1.19 bits per heavy atom. The highest BCUT2D eigenvalue weighted by molar-refractivity contribution is 14.0. The van der Waals surface area contributed by atoms with Gasteiger partial charge in [0.2, 0.25) is 5.91 Å². The number of para-hydroxylation sites is 3. The van der Waals surface area contributed by atoms with Crippen molar-refractivity contribution in [3.05, 3.63) is 54.6 Å². The molecule has 1 saturated heterocycles. The van der Waals surface area contributed by atoms with Crippen LogP contribution in [-0.4, -0.2) is 50.7 Å². The quantitative estimate of drug-likeness (QED) is 0.262. The number of alkyl halides is 2. The van der Waals surface area contributed by atoms with Gasteiger partial charge < -0.3 is 25.6 Å². The Hall–Kier alpha value is -2.63. The maximum absolute atomic E-state index is 12.7. The minimum Gasteiger partial charge on any atom is -0.433 e. The molecule has 1 unspecified atom stereocenters. The number of guanidine groups is 1. The van der Waals surface area contributed by atoms with Crippen LogP contribution in [0.25, 0.3) is 0 Å². The van der Waals surface area contributed by atoms with Gasteiger partial charge in [-0.2, -0.15) is 8.78 Å². The summed E-state index contributed by atoms with van der Waals surface area (Å²) in [4.78, 5) is 18.5. The Kier molecular flexibility index (Phi) is 10.4. The molecule has 0 aromatic heterocycles. The van der Waals surface area contributed by atoms with Gasteiger partial charge in [-0.1, -0.05) is 30.3 Å². The van der Waals surface area contributed by atoms with E-state index in [1.165, 1.54) is 0 Å². The highest BCUT2D eigenvalue weighted by atomic mass is 127. The number of benzene rings is 2. The molecular formula is C22H28F2IN5O2. The molecule has 7 nitrogen and oxygen atoms in total. The van der Waals surface area contributed by atoms with E-state index in [0.29, 0.717) is 31.3 Å². The number of hydrogen-bond acceptors (Lipinski definition) is 4. The molecule has 0 bridgehead atoms. The molecule has 32 heavy (non-hydrogen) atoms. The summed E-state index contributed by atoms with van der Waals surface area (Å²) in [5.41, 5.74) is 1.35. The van der Waals surface area contributed by atoms with Crippen LogP contribution >= 0.6 is 24.0 Å². The third-order valence-electron chi connectivity index (χ3n) is 4.73. The molecule has 0 radical (unpaired) electrons. The Morgan fingerprint density at radius 3 is 2.62 bits per heavy atom. The van der Waals surface area contributed by atoms with Gasteiger partial charge in [-0.25, -0.2) is 4.99 Å². The predicted octanol–water partition coefficient (Wildman–Crippen LogP) is 3.68. The molecule has 0 aliphatic carbocycles. The second kappa shape index (κ2) is 13.0. The zero-order valence-electron chi connectivity index (χ0n) is 17.8. The van der Waals surface area contributed by atoms with E-state index in [9.17, 15) is 13.6 Å². The second-order valence-electron chi connectivity index (χ2n) is 7.03. The lowest BCUT2D eigenvalue weighted by molar-refractivity contribution is -0.114. The number of hydrogen-bond donors (Lipinski definition) is 3. The molecule has 10 heteroatoms. The van der Waals surface area contributed by atoms with Crippen molar-refractivity contribution >= 4 is 47.2 Å². The molecule has 1 aliphatic heterocycles. The molecule has 3 rings (SSSR count). The van der Waals surface area contributed by atoms with E-state index < -0.39 is 6.61 Å². The number of nitrogens with one attached hydrogen (secondary N) is 3. The predicted molar refractivity (Wildman–Crippen MR) is 133 cm³/mol. The number of halogens is 3. The first-order valence-electron chi connectivity index (χ1n) is 10.2. The van der Waals surface area contributed by atoms with Crippen LogP contribution in [-0.2, 0) is 4.79 Å². The molecule has 1 heterocycles. The van der Waals surface area contributed by atoms with E-state index in [4.69, 9.17) is 0 Å². The summed E-state index contributed by atoms with van der Waals surface area (Å²) in [6.07, 6.45) is 0.795. The maximum Gasteiger partial charge on any atom is 0.387 e. The van der Waals surface area contributed by atoms with Gasteiger partial charge in [0.25, 0.3) is 0 Å². The summed E-state index contributed by atoms with van der Waals surface area (Å²) in [5, 5.41) is 9.26. The highest BCUT2D eigenvalue weighted by Gasteiger charge is 2.26. The van der Waals surface area contributed by atoms with Crippen molar-refractivity contribution in [3.8, 4) is 5.75 Å². The first-order chi connectivity index (χ1) is 15.0. The van der Waals surface area contributed by atoms with Gasteiger partial charge in [-0.3, -0.25) is 4.79 Å². The van der Waals surface area contributed by atoms with Crippen molar-refractivity contribution < 1.29 is 18.3 Å². The first kappa shape index (κ1) is 25.6. The van der Waals surface area contributed by atoms with Crippen LogP contribution in [0, 0.1) is 0 Å². The molecule has 1 amide bonds. The normalized spacial score (nSPS) is 15.8. The van der Waals surface area contributed by atoms with Crippen LogP contribution in [0.4, 0.5) is 20.2 Å². The molecule has 1 atom stereocenters. The van der Waals surface area contributed by atoms with Crippen molar-refractivity contribution in [3.63, 3.8) is 0 Å². The van der Waals surface area contributed by atoms with Crippen LogP contribution in [0.5, 0.6) is 5.75 Å². The smallest absolute Gasteiger partial charge is 0.387 e. The topological polar surface area (TPSA) is 78.0 Å². The maximum atomic E-state index is 12.7. The molecule has 174 valence electrons. The van der Waals surface area contributed by atoms with Crippen molar-refractivity contribution in [2.24, 2.45) is 4.99 Å². The number of rotatable bonds is 8. The lowest BCUT2D eigenvalue weighted by Crippen LogP contribution is -2.45. The Labute approximate surface area is 203 Å². The fourth-order valence-corrected chi connectivity index (χ4v) is 3.40. The van der Waals surface area contributed by atoms with Crippen LogP contribution in [0.1, 0.15) is 13.3 Å². The minimum atomic E-state index is -2.87. The third-order valence-corrected chi connectivity index (χ3v) is 4.73. The fraction of sp³-hybridized carbons (Fsp3) is 0.364. The van der Waals surface area contributed by atoms with Gasteiger partial charge >= 0.3 is 6.61 Å². The number of ether oxygens (including phenoxy) is 1. The lowest BCUT2D eigenvalue weighted by atomic mass is 10.2. The van der Waals surface area contributed by atoms with E-state index in [1.54, 1.807) is 24.3 Å². The summed E-state index contributed by atoms with van der Waals surface area (Å²) >= 11 is 0. The summed E-state index contributed by atoms with van der Waals surface area (Å²) in [6.45, 7) is 0.992. The summed E-state index contributed by atoms with van der Waals surface area (Å²) in [6, 6.07) is 16.0. The van der Waals surface area contributed by atoms with Gasteiger partial charge in [0.15, 0.2) is 5.96 Å². The van der Waals surface area contributed by atoms with Gasteiger partial charge in [-0.15, -0.1) is 24.0 Å². The monoisotopic (exact) mass is 559 g/mol. The number of aliphatic imine (C=N–C) groups is 1. The van der Waals surface area contributed by atoms with E-state index in [0.717, 1.165) is 12.1 Å². The summed E-state index contributed by atoms with van der Waals surface area (Å²) < 4.78 is 30.0. The average molecular weight is 559 g/mol. The second-order valence-corrected chi connectivity index (χ2v) is 7.03. The van der Waals surface area contributed by atoms with E-state index >= 15 is 0 Å². The summed E-state index contributed by atoms with van der Waals surface area (Å²) in [5.74, 6) is 0.487. The van der Waals surface area contributed by atoms with Gasteiger partial charge in [0, 0.05) is 31.4 Å².